The van der Waals surface area contributed by atoms with Gasteiger partial charge in [-0.1, -0.05) is 32.4 Å². The molecule has 0 radical (unpaired) electrons. The van der Waals surface area contributed by atoms with Crippen molar-refractivity contribution in [2.75, 3.05) is 0 Å². The first kappa shape index (κ1) is 12.8. The Balaban J connectivity index is 1.58. The second kappa shape index (κ2) is 3.47. The first-order valence-corrected chi connectivity index (χ1v) is 8.73. The predicted octanol–water partition coefficient (Wildman–Crippen LogP) is 2.88. The minimum Gasteiger partial charge on any atom is -0.0796 e. The molecule has 0 aliphatic heterocycles. The lowest BCUT2D eigenvalue weighted by atomic mass is 9.40. The first-order valence-electron chi connectivity index (χ1n) is 8.73. The van der Waals surface area contributed by atoms with Crippen LogP contribution in [0.2, 0.25) is 5.21 Å². The molecule has 4 rings (SSSR count). The third kappa shape index (κ3) is 1.50. The van der Waals surface area contributed by atoms with Crippen molar-refractivity contribution in [3.05, 3.63) is 0 Å². The van der Waals surface area contributed by atoms with Crippen LogP contribution < -0.4 is 0 Å². The molecular formula is C17H30B2. The quantitative estimate of drug-likeness (QED) is 0.666. The molecule has 0 nitrogen and oxygen atoms in total. The molecule has 0 aromatic rings. The zero-order chi connectivity index (χ0) is 13.6. The molecule has 0 saturated heterocycles. The van der Waals surface area contributed by atoms with Gasteiger partial charge in [0.25, 0.3) is 0 Å². The molecule has 4 aliphatic rings. The van der Waals surface area contributed by atoms with E-state index in [9.17, 15) is 0 Å². The highest BCUT2D eigenvalue weighted by Gasteiger charge is 2.68. The van der Waals surface area contributed by atoms with Crippen molar-refractivity contribution in [2.24, 2.45) is 40.4 Å². The zero-order valence-corrected chi connectivity index (χ0v) is 13.6. The Morgan fingerprint density at radius 1 is 0.947 bits per heavy atom. The van der Waals surface area contributed by atoms with Gasteiger partial charge in [-0.2, -0.15) is 0 Å². The van der Waals surface area contributed by atoms with Crippen molar-refractivity contribution >= 4 is 15.7 Å². The normalized spacial score (nSPS) is 51.2. The monoisotopic (exact) mass is 256 g/mol. The molecule has 19 heavy (non-hydrogen) atoms. The average Bonchev–Trinajstić information content (AvgIpc) is 2.65. The zero-order valence-electron chi connectivity index (χ0n) is 13.6. The molecule has 0 aromatic heterocycles. The maximum Gasteiger partial charge on any atom is 0.0998 e. The van der Waals surface area contributed by atoms with Crippen molar-refractivity contribution in [2.45, 2.75) is 64.5 Å². The number of fused-ring (bicyclic) bond motifs is 2. The molecule has 0 heterocycles. The van der Waals surface area contributed by atoms with Crippen molar-refractivity contribution in [1.82, 2.24) is 0 Å². The molecule has 4 fully saturated rings. The molecule has 4 saturated carbocycles. The highest BCUT2D eigenvalue weighted by Crippen LogP contribution is 2.77. The summed E-state index contributed by atoms with van der Waals surface area (Å²) in [5.41, 5.74) is 1.35. The molecule has 0 N–H and O–H groups in total. The molecule has 4 atom stereocenters. The predicted molar refractivity (Wildman–Crippen MR) is 86.8 cm³/mol. The molecule has 4 aliphatic carbocycles. The van der Waals surface area contributed by atoms with Crippen molar-refractivity contribution in [3.63, 3.8) is 0 Å². The van der Waals surface area contributed by atoms with Gasteiger partial charge in [0.15, 0.2) is 0 Å². The third-order valence-corrected chi connectivity index (χ3v) is 8.64. The summed E-state index contributed by atoms with van der Waals surface area (Å²) in [5, 5.41) is 0.493. The molecule has 2 heteroatoms. The van der Waals surface area contributed by atoms with Gasteiger partial charge < -0.3 is 0 Å². The van der Waals surface area contributed by atoms with Crippen LogP contribution in [0.25, 0.3) is 0 Å². The van der Waals surface area contributed by atoms with Gasteiger partial charge in [0.1, 0.15) is 0 Å². The highest BCUT2D eigenvalue weighted by atomic mass is 14.7. The topological polar surface area (TPSA) is 0 Å². The molecule has 104 valence electrons. The van der Waals surface area contributed by atoms with Crippen LogP contribution in [-0.4, -0.2) is 15.7 Å². The van der Waals surface area contributed by atoms with Gasteiger partial charge in [-0.15, -0.1) is 0 Å². The molecule has 1 spiro atoms. The molecule has 0 amide bonds. The van der Waals surface area contributed by atoms with Crippen LogP contribution >= 0.6 is 0 Å². The standard InChI is InChI=1S/C17H30B2/c1-15(2,3)17(18,19)9-14-10-4-12-6-13-5-11(14)8-16(12,13)7-10/h10-14H,4-9,18-19H2,1-3H3. The van der Waals surface area contributed by atoms with Gasteiger partial charge in [0, 0.05) is 0 Å². The van der Waals surface area contributed by atoms with Crippen LogP contribution in [0.3, 0.4) is 0 Å². The van der Waals surface area contributed by atoms with Crippen LogP contribution in [-0.2, 0) is 0 Å². The number of rotatable bonds is 2. The van der Waals surface area contributed by atoms with E-state index in [2.05, 4.69) is 36.5 Å². The summed E-state index contributed by atoms with van der Waals surface area (Å²) in [4.78, 5) is 0. The Morgan fingerprint density at radius 2 is 1.47 bits per heavy atom. The first-order chi connectivity index (χ1) is 8.73. The number of hydrogen-bond donors (Lipinski definition) is 0. The molecule has 0 aromatic carbocycles. The summed E-state index contributed by atoms with van der Waals surface area (Å²) in [7, 11) is 5.05. The minimum absolute atomic E-state index is 0.446. The fraction of sp³-hybridized carbons (Fsp3) is 1.00. The lowest BCUT2D eigenvalue weighted by molar-refractivity contribution is -0.00231. The van der Waals surface area contributed by atoms with E-state index in [0.717, 1.165) is 35.0 Å². The van der Waals surface area contributed by atoms with Crippen molar-refractivity contribution in [3.8, 4) is 0 Å². The molecular weight excluding hydrogens is 226 g/mol. The van der Waals surface area contributed by atoms with Gasteiger partial charge in [-0.25, -0.2) is 0 Å². The van der Waals surface area contributed by atoms with Crippen LogP contribution in [0.5, 0.6) is 0 Å². The van der Waals surface area contributed by atoms with Crippen molar-refractivity contribution in [1.29, 1.82) is 0 Å². The fourth-order valence-electron chi connectivity index (χ4n) is 6.54. The van der Waals surface area contributed by atoms with Gasteiger partial charge in [-0.05, 0) is 72.5 Å². The minimum atomic E-state index is 0.446. The van der Waals surface area contributed by atoms with Crippen LogP contribution in [0.4, 0.5) is 0 Å². The lowest BCUT2D eigenvalue weighted by Gasteiger charge is -2.50. The van der Waals surface area contributed by atoms with Crippen LogP contribution in [0, 0.1) is 40.4 Å². The summed E-state index contributed by atoms with van der Waals surface area (Å²) in [5.74, 6) is 5.61. The average molecular weight is 256 g/mol. The van der Waals surface area contributed by atoms with Gasteiger partial charge in [-0.3, -0.25) is 0 Å². The van der Waals surface area contributed by atoms with E-state index in [1.807, 2.05) is 0 Å². The number of hydrogen-bond acceptors (Lipinski definition) is 0. The van der Waals surface area contributed by atoms with Crippen LogP contribution in [0.1, 0.15) is 59.3 Å². The van der Waals surface area contributed by atoms with Gasteiger partial charge in [0.05, 0.1) is 15.7 Å². The Hall–Kier alpha value is 0.130. The van der Waals surface area contributed by atoms with E-state index < -0.39 is 0 Å². The maximum atomic E-state index is 2.53. The van der Waals surface area contributed by atoms with Gasteiger partial charge >= 0.3 is 0 Å². The van der Waals surface area contributed by atoms with Crippen LogP contribution in [0.15, 0.2) is 0 Å². The second-order valence-corrected chi connectivity index (χ2v) is 10.3. The van der Waals surface area contributed by atoms with E-state index in [0.29, 0.717) is 10.6 Å². The highest BCUT2D eigenvalue weighted by molar-refractivity contribution is 6.40. The second-order valence-electron chi connectivity index (χ2n) is 10.3. The Kier molecular flexibility index (Phi) is 2.35. The third-order valence-electron chi connectivity index (χ3n) is 8.64. The van der Waals surface area contributed by atoms with E-state index in [1.54, 1.807) is 32.1 Å². The largest absolute Gasteiger partial charge is 0.0998 e. The Labute approximate surface area is 121 Å². The van der Waals surface area contributed by atoms with Crippen molar-refractivity contribution < 1.29 is 0 Å². The van der Waals surface area contributed by atoms with E-state index in [-0.39, 0.29) is 0 Å². The van der Waals surface area contributed by atoms with E-state index >= 15 is 0 Å². The van der Waals surface area contributed by atoms with E-state index in [1.165, 1.54) is 6.42 Å². The Morgan fingerprint density at radius 3 is 1.95 bits per heavy atom. The lowest BCUT2D eigenvalue weighted by Crippen LogP contribution is -2.42. The SMILES string of the molecule is BC(B)(CC1C2CC3CC4CC1CC34C2)C(C)(C)C. The molecule has 4 unspecified atom stereocenters. The summed E-state index contributed by atoms with van der Waals surface area (Å²) in [6, 6.07) is 0. The maximum absolute atomic E-state index is 2.53. The smallest absolute Gasteiger partial charge is 0.0796 e. The summed E-state index contributed by atoms with van der Waals surface area (Å²) in [6.45, 7) is 7.34. The van der Waals surface area contributed by atoms with Gasteiger partial charge in [0.2, 0.25) is 0 Å². The van der Waals surface area contributed by atoms with E-state index in [4.69, 9.17) is 0 Å². The molecule has 3 bridgehead atoms. The fourth-order valence-corrected chi connectivity index (χ4v) is 6.54. The summed E-state index contributed by atoms with van der Waals surface area (Å²) in [6.07, 6.45) is 9.58. The summed E-state index contributed by atoms with van der Waals surface area (Å²) >= 11 is 0. The Bertz CT molecular complexity index is 382. The summed E-state index contributed by atoms with van der Waals surface area (Å²) < 4.78 is 0.